The molecular formula is C30H41FN2O5Si. The lowest BCUT2D eigenvalue weighted by Gasteiger charge is -2.47. The molecule has 0 unspecified atom stereocenters. The third-order valence-electron chi connectivity index (χ3n) is 8.44. The molecule has 212 valence electrons. The molecule has 1 saturated heterocycles. The minimum absolute atomic E-state index is 0.132. The van der Waals surface area contributed by atoms with Crippen LogP contribution >= 0.6 is 0 Å². The van der Waals surface area contributed by atoms with Gasteiger partial charge in [0.2, 0.25) is 5.72 Å². The van der Waals surface area contributed by atoms with Gasteiger partial charge in [0, 0.05) is 36.9 Å². The van der Waals surface area contributed by atoms with Crippen LogP contribution in [0.25, 0.3) is 0 Å². The molecule has 39 heavy (non-hydrogen) atoms. The van der Waals surface area contributed by atoms with Gasteiger partial charge in [-0.3, -0.25) is 14.5 Å². The molecule has 0 bridgehead atoms. The van der Waals surface area contributed by atoms with Crippen molar-refractivity contribution in [1.82, 2.24) is 10.2 Å². The number of nitrogens with one attached hydrogen (secondary N) is 1. The summed E-state index contributed by atoms with van der Waals surface area (Å²) < 4.78 is 32.0. The molecule has 2 aromatic rings. The van der Waals surface area contributed by atoms with Crippen LogP contribution in [0.5, 0.6) is 0 Å². The van der Waals surface area contributed by atoms with Crippen LogP contribution in [-0.2, 0) is 35.6 Å². The Morgan fingerprint density at radius 2 is 1.90 bits per heavy atom. The maximum atomic E-state index is 14.0. The van der Waals surface area contributed by atoms with Crippen LogP contribution in [0, 0.1) is 5.82 Å². The van der Waals surface area contributed by atoms with Gasteiger partial charge < -0.3 is 19.2 Å². The average molecular weight is 557 g/mol. The molecule has 2 aromatic carbocycles. The second-order valence-electron chi connectivity index (χ2n) is 11.9. The molecule has 2 aliphatic rings. The van der Waals surface area contributed by atoms with Gasteiger partial charge in [0.05, 0.1) is 6.61 Å². The first-order chi connectivity index (χ1) is 18.5. The first-order valence-electron chi connectivity index (χ1n) is 13.8. The van der Waals surface area contributed by atoms with Crippen LogP contribution in [-0.4, -0.2) is 64.0 Å². The van der Waals surface area contributed by atoms with Crippen molar-refractivity contribution in [3.05, 3.63) is 71.0 Å². The van der Waals surface area contributed by atoms with Crippen molar-refractivity contribution in [3.8, 4) is 0 Å². The van der Waals surface area contributed by atoms with Gasteiger partial charge in [-0.1, -0.05) is 45.0 Å². The second-order valence-corrected chi connectivity index (χ2v) is 16.7. The molecule has 4 rings (SSSR count). The van der Waals surface area contributed by atoms with Gasteiger partial charge in [0.1, 0.15) is 11.9 Å². The molecule has 3 atom stereocenters. The largest absolute Gasteiger partial charge is 0.432 e. The zero-order chi connectivity index (χ0) is 28.3. The topological polar surface area (TPSA) is 77.1 Å². The number of carbonyl (C=O) groups is 2. The number of amides is 1. The summed E-state index contributed by atoms with van der Waals surface area (Å²) in [5.74, 6) is -0.652. The number of carbonyl (C=O) groups excluding carboxylic acids is 2. The zero-order valence-electron chi connectivity index (χ0n) is 23.7. The third-order valence-corrected chi connectivity index (χ3v) is 13.0. The Bertz CT molecular complexity index is 1140. The van der Waals surface area contributed by atoms with Gasteiger partial charge in [-0.25, -0.2) is 4.39 Å². The van der Waals surface area contributed by atoms with E-state index in [1.54, 1.807) is 17.0 Å². The molecule has 0 spiro atoms. The van der Waals surface area contributed by atoms with E-state index in [4.69, 9.17) is 13.9 Å². The summed E-state index contributed by atoms with van der Waals surface area (Å²) in [5, 5.41) is 3.67. The lowest BCUT2D eigenvalue weighted by atomic mass is 9.83. The van der Waals surface area contributed by atoms with E-state index >= 15 is 0 Å². The van der Waals surface area contributed by atoms with Crippen molar-refractivity contribution in [2.24, 2.45) is 0 Å². The Balaban J connectivity index is 1.46. The standard InChI is InChI=1S/C30H41FN2O5Si/c1-29(2,3)39(4,5)38-19-17-32-25-14-15-27(36-20-25)28(35)33-18-16-22-8-6-7-9-26(22)30(33,37-21-34)23-10-12-24(31)13-11-23/h6-13,21,25,27,32H,14-20H2,1-5H3/t25-,27-,30+/m1/s1. The van der Waals surface area contributed by atoms with Crippen LogP contribution in [0.3, 0.4) is 0 Å². The number of hydrogen-bond acceptors (Lipinski definition) is 6. The van der Waals surface area contributed by atoms with Crippen LogP contribution in [0.4, 0.5) is 4.39 Å². The number of rotatable bonds is 9. The van der Waals surface area contributed by atoms with E-state index in [0.717, 1.165) is 18.5 Å². The van der Waals surface area contributed by atoms with Gasteiger partial charge in [-0.05, 0) is 67.2 Å². The number of hydrogen-bond donors (Lipinski definition) is 1. The van der Waals surface area contributed by atoms with Gasteiger partial charge in [-0.2, -0.15) is 0 Å². The Labute approximate surface area is 232 Å². The summed E-state index contributed by atoms with van der Waals surface area (Å²) >= 11 is 0. The van der Waals surface area contributed by atoms with Crippen LogP contribution in [0.1, 0.15) is 50.3 Å². The molecule has 7 nitrogen and oxygen atoms in total. The molecule has 0 aliphatic carbocycles. The van der Waals surface area contributed by atoms with Crippen molar-refractivity contribution in [1.29, 1.82) is 0 Å². The summed E-state index contributed by atoms with van der Waals surface area (Å²) in [4.78, 5) is 27.4. The van der Waals surface area contributed by atoms with Gasteiger partial charge in [-0.15, -0.1) is 0 Å². The van der Waals surface area contributed by atoms with Crippen LogP contribution in [0.15, 0.2) is 48.5 Å². The SMILES string of the molecule is CC(C)(C)[Si](C)(C)OCCN[C@@H]1CC[C@H](C(=O)N2CCc3ccccc3[C@@]2(OC=O)c2ccc(F)cc2)OC1. The summed E-state index contributed by atoms with van der Waals surface area (Å²) in [6.45, 7) is 13.6. The first-order valence-corrected chi connectivity index (χ1v) is 16.7. The smallest absolute Gasteiger partial charge is 0.295 e. The Hall–Kier alpha value is -2.59. The molecule has 0 radical (unpaired) electrons. The van der Waals surface area contributed by atoms with E-state index in [-0.39, 0.29) is 17.0 Å². The van der Waals surface area contributed by atoms with Crippen LogP contribution in [0.2, 0.25) is 18.1 Å². The number of ether oxygens (including phenoxy) is 2. The quantitative estimate of drug-likeness (QED) is 0.273. The van der Waals surface area contributed by atoms with E-state index < -0.39 is 26.0 Å². The minimum atomic E-state index is -1.79. The van der Waals surface area contributed by atoms with Crippen molar-refractivity contribution in [2.75, 3.05) is 26.3 Å². The molecule has 0 saturated carbocycles. The number of benzene rings is 2. The number of fused-ring (bicyclic) bond motifs is 1. The Morgan fingerprint density at radius 3 is 2.54 bits per heavy atom. The highest BCUT2D eigenvalue weighted by molar-refractivity contribution is 6.74. The maximum Gasteiger partial charge on any atom is 0.295 e. The molecule has 9 heteroatoms. The van der Waals surface area contributed by atoms with E-state index in [1.165, 1.54) is 12.1 Å². The highest BCUT2D eigenvalue weighted by Gasteiger charge is 2.50. The minimum Gasteiger partial charge on any atom is -0.432 e. The van der Waals surface area contributed by atoms with Crippen molar-refractivity contribution in [3.63, 3.8) is 0 Å². The van der Waals surface area contributed by atoms with Gasteiger partial charge >= 0.3 is 0 Å². The van der Waals surface area contributed by atoms with E-state index in [2.05, 4.69) is 39.2 Å². The van der Waals surface area contributed by atoms with Crippen molar-refractivity contribution >= 4 is 20.7 Å². The molecule has 1 N–H and O–H groups in total. The third kappa shape index (κ3) is 6.11. The monoisotopic (exact) mass is 556 g/mol. The summed E-state index contributed by atoms with van der Waals surface area (Å²) in [6.07, 6.45) is 1.27. The second kappa shape index (κ2) is 11.9. The fraction of sp³-hybridized carbons (Fsp3) is 0.533. The lowest BCUT2D eigenvalue weighted by molar-refractivity contribution is -0.183. The highest BCUT2D eigenvalue weighted by atomic mass is 28.4. The average Bonchev–Trinajstić information content (AvgIpc) is 2.91. The molecule has 2 aliphatic heterocycles. The van der Waals surface area contributed by atoms with Gasteiger partial charge in [0.15, 0.2) is 8.32 Å². The van der Waals surface area contributed by atoms with E-state index in [0.29, 0.717) is 50.2 Å². The summed E-state index contributed by atoms with van der Waals surface area (Å²) in [5.41, 5.74) is 0.677. The van der Waals surface area contributed by atoms with Crippen LogP contribution < -0.4 is 5.32 Å². The normalized spacial score (nSPS) is 23.7. The predicted molar refractivity (Wildman–Crippen MR) is 150 cm³/mol. The van der Waals surface area contributed by atoms with E-state index in [1.807, 2.05) is 24.3 Å². The first kappa shape index (κ1) is 29.4. The number of nitrogens with zero attached hydrogens (tertiary/aromatic N) is 1. The summed E-state index contributed by atoms with van der Waals surface area (Å²) in [7, 11) is -1.79. The van der Waals surface area contributed by atoms with E-state index in [9.17, 15) is 14.0 Å². The zero-order valence-corrected chi connectivity index (χ0v) is 24.7. The fourth-order valence-electron chi connectivity index (χ4n) is 5.19. The van der Waals surface area contributed by atoms with Crippen molar-refractivity contribution in [2.45, 2.75) is 76.0 Å². The Kier molecular flexibility index (Phi) is 8.95. The predicted octanol–water partition coefficient (Wildman–Crippen LogP) is 4.74. The van der Waals surface area contributed by atoms with Gasteiger partial charge in [0.25, 0.3) is 12.4 Å². The molecule has 0 aromatic heterocycles. The molecule has 1 amide bonds. The molecule has 1 fully saturated rings. The maximum absolute atomic E-state index is 14.0. The van der Waals surface area contributed by atoms with Crippen molar-refractivity contribution < 1.29 is 27.9 Å². The lowest BCUT2D eigenvalue weighted by Crippen LogP contribution is -2.59. The summed E-state index contributed by atoms with van der Waals surface area (Å²) in [6, 6.07) is 13.5. The highest BCUT2D eigenvalue weighted by Crippen LogP contribution is 2.43. The number of halogens is 1. The molecule has 2 heterocycles. The molecular weight excluding hydrogens is 515 g/mol. The Morgan fingerprint density at radius 1 is 1.18 bits per heavy atom. The fourth-order valence-corrected chi connectivity index (χ4v) is 6.23.